The van der Waals surface area contributed by atoms with E-state index in [2.05, 4.69) is 0 Å². The molecule has 1 aromatic rings. The molecule has 6 heteroatoms. The van der Waals surface area contributed by atoms with Crippen LogP contribution in [0.2, 0.25) is 0 Å². The largest absolute Gasteiger partial charge is 0.494 e. The fraction of sp³-hybridized carbons (Fsp3) is 0.500. The molecular formula is C12H14ClF3OS. The van der Waals surface area contributed by atoms with E-state index in [9.17, 15) is 13.2 Å². The molecule has 0 spiro atoms. The summed E-state index contributed by atoms with van der Waals surface area (Å²) in [6.45, 7) is 2.23. The summed E-state index contributed by atoms with van der Waals surface area (Å²) >= 11 is 5.47. The first-order valence-corrected chi connectivity index (χ1v) is 6.88. The van der Waals surface area contributed by atoms with Crippen LogP contribution in [0, 0.1) is 0 Å². The molecule has 0 N–H and O–H groups in total. The van der Waals surface area contributed by atoms with Crippen molar-refractivity contribution in [2.45, 2.75) is 30.2 Å². The number of hydrogen-bond donors (Lipinski definition) is 0. The van der Waals surface area contributed by atoms with E-state index >= 15 is 0 Å². The van der Waals surface area contributed by atoms with Gasteiger partial charge >= 0.3 is 5.51 Å². The van der Waals surface area contributed by atoms with Gasteiger partial charge in [0.1, 0.15) is 5.75 Å². The van der Waals surface area contributed by atoms with E-state index in [0.717, 1.165) is 12.0 Å². The molecule has 0 radical (unpaired) electrons. The van der Waals surface area contributed by atoms with Gasteiger partial charge in [-0.25, -0.2) is 0 Å². The van der Waals surface area contributed by atoms with Crippen LogP contribution in [-0.4, -0.2) is 18.0 Å². The lowest BCUT2D eigenvalue weighted by Gasteiger charge is -2.12. The summed E-state index contributed by atoms with van der Waals surface area (Å²) in [5, 5.41) is 0. The molecule has 1 nitrogen and oxygen atoms in total. The maximum Gasteiger partial charge on any atom is 0.446 e. The first-order chi connectivity index (χ1) is 8.46. The highest BCUT2D eigenvalue weighted by molar-refractivity contribution is 8.00. The van der Waals surface area contributed by atoms with Crippen molar-refractivity contribution in [1.82, 2.24) is 0 Å². The van der Waals surface area contributed by atoms with E-state index in [1.54, 1.807) is 13.0 Å². The molecule has 18 heavy (non-hydrogen) atoms. The van der Waals surface area contributed by atoms with Crippen LogP contribution in [-0.2, 0) is 6.42 Å². The van der Waals surface area contributed by atoms with Crippen molar-refractivity contribution in [2.75, 3.05) is 12.5 Å². The fourth-order valence-electron chi connectivity index (χ4n) is 1.49. The molecule has 0 aliphatic rings. The minimum Gasteiger partial charge on any atom is -0.494 e. The highest BCUT2D eigenvalue weighted by atomic mass is 35.5. The molecule has 102 valence electrons. The third-order valence-electron chi connectivity index (χ3n) is 2.15. The predicted molar refractivity (Wildman–Crippen MR) is 68.6 cm³/mol. The third-order valence-corrected chi connectivity index (χ3v) is 3.14. The van der Waals surface area contributed by atoms with Crippen LogP contribution in [0.4, 0.5) is 13.2 Å². The van der Waals surface area contributed by atoms with Gasteiger partial charge in [0, 0.05) is 10.8 Å². The van der Waals surface area contributed by atoms with Crippen LogP contribution in [0.1, 0.15) is 18.9 Å². The first-order valence-electron chi connectivity index (χ1n) is 5.53. The molecule has 0 amide bonds. The number of thioether (sulfide) groups is 1. The van der Waals surface area contributed by atoms with Crippen LogP contribution in [0.3, 0.4) is 0 Å². The summed E-state index contributed by atoms with van der Waals surface area (Å²) in [4.78, 5) is 0.139. The number of benzene rings is 1. The van der Waals surface area contributed by atoms with E-state index in [1.807, 2.05) is 0 Å². The molecule has 0 saturated heterocycles. The molecule has 0 saturated carbocycles. The standard InChI is InChI=1S/C12H14ClF3OS/c1-2-17-11-8-10(18-12(14,15)16)6-5-9(11)4-3-7-13/h5-6,8H,2-4,7H2,1H3. The lowest BCUT2D eigenvalue weighted by atomic mass is 10.1. The summed E-state index contributed by atoms with van der Waals surface area (Å²) in [6, 6.07) is 4.57. The van der Waals surface area contributed by atoms with Crippen molar-refractivity contribution in [3.63, 3.8) is 0 Å². The van der Waals surface area contributed by atoms with Gasteiger partial charge in [-0.1, -0.05) is 6.07 Å². The number of alkyl halides is 4. The normalized spacial score (nSPS) is 11.6. The van der Waals surface area contributed by atoms with E-state index in [0.29, 0.717) is 24.7 Å². The van der Waals surface area contributed by atoms with Crippen molar-refractivity contribution in [3.05, 3.63) is 23.8 Å². The van der Waals surface area contributed by atoms with Crippen molar-refractivity contribution >= 4 is 23.4 Å². The minimum absolute atomic E-state index is 0.133. The quantitative estimate of drug-likeness (QED) is 0.547. The number of halogens is 4. The fourth-order valence-corrected chi connectivity index (χ4v) is 2.19. The molecule has 0 aliphatic carbocycles. The topological polar surface area (TPSA) is 9.23 Å². The number of hydrogen-bond acceptors (Lipinski definition) is 2. The average Bonchev–Trinajstić information content (AvgIpc) is 2.26. The van der Waals surface area contributed by atoms with Gasteiger partial charge in [-0.3, -0.25) is 0 Å². The molecule has 0 atom stereocenters. The number of aryl methyl sites for hydroxylation is 1. The smallest absolute Gasteiger partial charge is 0.446 e. The molecule has 0 heterocycles. The molecule has 0 aromatic heterocycles. The van der Waals surface area contributed by atoms with Crippen molar-refractivity contribution in [2.24, 2.45) is 0 Å². The van der Waals surface area contributed by atoms with Crippen LogP contribution >= 0.6 is 23.4 Å². The van der Waals surface area contributed by atoms with E-state index < -0.39 is 5.51 Å². The Hall–Kier alpha value is -0.550. The van der Waals surface area contributed by atoms with Crippen LogP contribution in [0.15, 0.2) is 23.1 Å². The van der Waals surface area contributed by atoms with Crippen LogP contribution in [0.5, 0.6) is 5.75 Å². The van der Waals surface area contributed by atoms with Crippen molar-refractivity contribution < 1.29 is 17.9 Å². The molecule has 0 unspecified atom stereocenters. The lowest BCUT2D eigenvalue weighted by Crippen LogP contribution is -2.01. The Morgan fingerprint density at radius 3 is 2.61 bits per heavy atom. The molecule has 0 fully saturated rings. The Bertz CT molecular complexity index is 382. The Balaban J connectivity index is 2.88. The summed E-state index contributed by atoms with van der Waals surface area (Å²) in [5.41, 5.74) is -3.38. The van der Waals surface area contributed by atoms with Gasteiger partial charge in [0.15, 0.2) is 0 Å². The lowest BCUT2D eigenvalue weighted by molar-refractivity contribution is -0.0328. The number of rotatable bonds is 6. The Morgan fingerprint density at radius 1 is 1.33 bits per heavy atom. The molecule has 0 bridgehead atoms. The van der Waals surface area contributed by atoms with Crippen molar-refractivity contribution in [1.29, 1.82) is 0 Å². The summed E-state index contributed by atoms with van der Waals surface area (Å²) < 4.78 is 42.2. The maximum atomic E-state index is 12.3. The highest BCUT2D eigenvalue weighted by Crippen LogP contribution is 2.38. The molecular weight excluding hydrogens is 285 g/mol. The van der Waals surface area contributed by atoms with Gasteiger partial charge in [0.25, 0.3) is 0 Å². The second-order valence-electron chi connectivity index (χ2n) is 3.54. The molecule has 0 aliphatic heterocycles. The Kier molecular flexibility index (Phi) is 6.15. The monoisotopic (exact) mass is 298 g/mol. The minimum atomic E-state index is -4.28. The van der Waals surface area contributed by atoms with Gasteiger partial charge in [-0.15, -0.1) is 11.6 Å². The zero-order valence-electron chi connectivity index (χ0n) is 9.89. The Morgan fingerprint density at radius 2 is 2.06 bits per heavy atom. The van der Waals surface area contributed by atoms with Crippen molar-refractivity contribution in [3.8, 4) is 5.75 Å². The molecule has 1 aromatic carbocycles. The first kappa shape index (κ1) is 15.5. The van der Waals surface area contributed by atoms with Gasteiger partial charge in [-0.2, -0.15) is 13.2 Å². The van der Waals surface area contributed by atoms with Crippen LogP contribution < -0.4 is 4.74 Å². The third kappa shape index (κ3) is 5.40. The van der Waals surface area contributed by atoms with E-state index in [4.69, 9.17) is 16.3 Å². The zero-order valence-corrected chi connectivity index (χ0v) is 11.5. The Labute approximate surface area is 114 Å². The van der Waals surface area contributed by atoms with Gasteiger partial charge in [0.05, 0.1) is 6.61 Å². The van der Waals surface area contributed by atoms with E-state index in [1.165, 1.54) is 12.1 Å². The summed E-state index contributed by atoms with van der Waals surface area (Å²) in [6.07, 6.45) is 1.48. The van der Waals surface area contributed by atoms with Gasteiger partial charge < -0.3 is 4.74 Å². The number of ether oxygens (including phenoxy) is 1. The highest BCUT2D eigenvalue weighted by Gasteiger charge is 2.29. The average molecular weight is 299 g/mol. The second-order valence-corrected chi connectivity index (χ2v) is 5.06. The zero-order chi connectivity index (χ0) is 13.6. The predicted octanol–water partition coefficient (Wildman–Crippen LogP) is 4.87. The maximum absolute atomic E-state index is 12.3. The summed E-state index contributed by atoms with van der Waals surface area (Å²) in [7, 11) is 0. The molecule has 1 rings (SSSR count). The van der Waals surface area contributed by atoms with E-state index in [-0.39, 0.29) is 16.7 Å². The SMILES string of the molecule is CCOc1cc(SC(F)(F)F)ccc1CCCCl. The van der Waals surface area contributed by atoms with Gasteiger partial charge in [0.2, 0.25) is 0 Å². The van der Waals surface area contributed by atoms with Gasteiger partial charge in [-0.05, 0) is 49.2 Å². The summed E-state index contributed by atoms with van der Waals surface area (Å²) in [5.74, 6) is 1.03. The van der Waals surface area contributed by atoms with Crippen LogP contribution in [0.25, 0.3) is 0 Å². The second kappa shape index (κ2) is 7.14.